The van der Waals surface area contributed by atoms with Gasteiger partial charge in [0.25, 0.3) is 0 Å². The minimum atomic E-state index is -0.403. The van der Waals surface area contributed by atoms with Crippen molar-refractivity contribution in [1.29, 1.82) is 0 Å². The molecule has 0 aliphatic heterocycles. The fourth-order valence-electron chi connectivity index (χ4n) is 1.28. The molecule has 0 fully saturated rings. The van der Waals surface area contributed by atoms with Gasteiger partial charge in [-0.1, -0.05) is 0 Å². The standard InChI is InChI=1S/C10H2I4O4/c11-7(15)3-1-4(8(12)16)6(10(14)18)5(2-3)9(13)17/h1-2H. The number of carbonyl (C=O) groups excluding carboxylic acids is 4. The molecule has 1 aromatic rings. The van der Waals surface area contributed by atoms with Gasteiger partial charge in [-0.2, -0.15) is 0 Å². The lowest BCUT2D eigenvalue weighted by molar-refractivity contribution is 0.106. The van der Waals surface area contributed by atoms with Gasteiger partial charge < -0.3 is 0 Å². The van der Waals surface area contributed by atoms with Gasteiger partial charge >= 0.3 is 0 Å². The Kier molecular flexibility index (Phi) is 6.57. The molecule has 0 aliphatic carbocycles. The number of hydrogen-bond donors (Lipinski definition) is 0. The maximum atomic E-state index is 11.6. The van der Waals surface area contributed by atoms with Crippen molar-refractivity contribution in [3.8, 4) is 0 Å². The lowest BCUT2D eigenvalue weighted by Gasteiger charge is -2.08. The molecule has 8 heteroatoms. The molecule has 94 valence electrons. The molecule has 1 rings (SSSR count). The highest BCUT2D eigenvalue weighted by Gasteiger charge is 2.23. The maximum Gasteiger partial charge on any atom is 0.223 e. The van der Waals surface area contributed by atoms with Crippen LogP contribution in [-0.2, 0) is 0 Å². The Labute approximate surface area is 157 Å². The highest BCUT2D eigenvalue weighted by molar-refractivity contribution is 14.1. The first-order chi connectivity index (χ1) is 8.25. The SMILES string of the molecule is O=C(I)c1cc(C(=O)I)c(C(=O)I)c(C(=O)I)c1. The molecule has 0 heterocycles. The van der Waals surface area contributed by atoms with Crippen LogP contribution >= 0.6 is 90.4 Å². The number of carbonyl (C=O) groups is 4. The Morgan fingerprint density at radius 3 is 1.28 bits per heavy atom. The van der Waals surface area contributed by atoms with E-state index in [-0.39, 0.29) is 33.6 Å². The molecule has 0 radical (unpaired) electrons. The van der Waals surface area contributed by atoms with Crippen molar-refractivity contribution in [3.63, 3.8) is 0 Å². The molecule has 0 bridgehead atoms. The number of rotatable bonds is 4. The molecular formula is C10H2I4O4. The van der Waals surface area contributed by atoms with E-state index in [9.17, 15) is 19.2 Å². The van der Waals surface area contributed by atoms with Gasteiger partial charge in [0, 0.05) is 107 Å². The minimum Gasteiger partial charge on any atom is -0.282 e. The maximum absolute atomic E-state index is 11.6. The predicted octanol–water partition coefficient (Wildman–Crippen LogP) is 3.99. The smallest absolute Gasteiger partial charge is 0.223 e. The second kappa shape index (κ2) is 7.01. The van der Waals surface area contributed by atoms with Gasteiger partial charge in [0.1, 0.15) is 0 Å². The van der Waals surface area contributed by atoms with Crippen LogP contribution in [0.2, 0.25) is 0 Å². The van der Waals surface area contributed by atoms with E-state index in [0.717, 1.165) is 0 Å². The van der Waals surface area contributed by atoms with E-state index < -0.39 is 3.79 Å². The van der Waals surface area contributed by atoms with Crippen LogP contribution in [0.4, 0.5) is 0 Å². The van der Waals surface area contributed by atoms with Crippen LogP contribution in [0.3, 0.4) is 0 Å². The Morgan fingerprint density at radius 2 is 1.06 bits per heavy atom. The first-order valence-electron chi connectivity index (χ1n) is 4.23. The fraction of sp³-hybridized carbons (Fsp3) is 0. The van der Waals surface area contributed by atoms with Gasteiger partial charge in [0.15, 0.2) is 0 Å². The van der Waals surface area contributed by atoms with Crippen molar-refractivity contribution in [2.45, 2.75) is 0 Å². The Hall–Kier alpha value is 0.820. The summed E-state index contributed by atoms with van der Waals surface area (Å²) >= 11 is 6.13. The first-order valence-corrected chi connectivity index (χ1v) is 8.54. The van der Waals surface area contributed by atoms with Crippen LogP contribution in [0.15, 0.2) is 12.1 Å². The van der Waals surface area contributed by atoms with E-state index in [1.165, 1.54) is 79.9 Å². The molecule has 0 saturated heterocycles. The van der Waals surface area contributed by atoms with Crippen molar-refractivity contribution in [2.75, 3.05) is 0 Å². The molecule has 0 aromatic heterocycles. The summed E-state index contributed by atoms with van der Waals surface area (Å²) in [4.78, 5) is 46.0. The summed E-state index contributed by atoms with van der Waals surface area (Å²) in [7, 11) is 0. The van der Waals surface area contributed by atoms with Gasteiger partial charge in [-0.25, -0.2) is 0 Å². The van der Waals surface area contributed by atoms with Crippen LogP contribution in [0.25, 0.3) is 0 Å². The van der Waals surface area contributed by atoms with Gasteiger partial charge in [-0.15, -0.1) is 0 Å². The van der Waals surface area contributed by atoms with E-state index >= 15 is 0 Å². The molecule has 18 heavy (non-hydrogen) atoms. The third kappa shape index (κ3) is 3.91. The molecule has 4 nitrogen and oxygen atoms in total. The largest absolute Gasteiger partial charge is 0.282 e. The fourth-order valence-corrected chi connectivity index (χ4v) is 3.02. The summed E-state index contributed by atoms with van der Waals surface area (Å²) in [6.07, 6.45) is 0. The molecule has 0 atom stereocenters. The molecule has 1 aromatic carbocycles. The summed E-state index contributed by atoms with van der Waals surface area (Å²) in [5.74, 6) is 0. The summed E-state index contributed by atoms with van der Waals surface area (Å²) in [5, 5.41) is 0. The van der Waals surface area contributed by atoms with Crippen LogP contribution < -0.4 is 0 Å². The third-order valence-corrected chi connectivity index (χ3v) is 4.31. The number of benzene rings is 1. The Balaban J connectivity index is 3.76. The predicted molar refractivity (Wildman–Crippen MR) is 99.8 cm³/mol. The van der Waals surface area contributed by atoms with Gasteiger partial charge in [0.2, 0.25) is 15.2 Å². The van der Waals surface area contributed by atoms with Crippen molar-refractivity contribution in [3.05, 3.63) is 34.4 Å². The minimum absolute atomic E-state index is 0.0656. The van der Waals surface area contributed by atoms with Crippen LogP contribution in [-0.4, -0.2) is 15.2 Å². The van der Waals surface area contributed by atoms with Crippen molar-refractivity contribution >= 4 is 106 Å². The van der Waals surface area contributed by atoms with Crippen molar-refractivity contribution in [2.24, 2.45) is 0 Å². The molecule has 0 unspecified atom stereocenters. The molecule has 0 N–H and O–H groups in total. The quantitative estimate of drug-likeness (QED) is 0.354. The van der Waals surface area contributed by atoms with Crippen molar-refractivity contribution < 1.29 is 19.2 Å². The number of hydrogen-bond acceptors (Lipinski definition) is 4. The lowest BCUT2D eigenvalue weighted by Crippen LogP contribution is -2.09. The monoisotopic (exact) mass is 694 g/mol. The summed E-state index contributed by atoms with van der Waals surface area (Å²) in [6, 6.07) is 2.69. The van der Waals surface area contributed by atoms with Crippen molar-refractivity contribution in [1.82, 2.24) is 0 Å². The van der Waals surface area contributed by atoms with Crippen LogP contribution in [0.1, 0.15) is 41.4 Å². The topological polar surface area (TPSA) is 68.3 Å². The normalized spacial score (nSPS) is 10.0. The summed E-state index contributed by atoms with van der Waals surface area (Å²) in [6.45, 7) is 0. The average molecular weight is 694 g/mol. The second-order valence-corrected chi connectivity index (χ2v) is 6.96. The zero-order valence-corrected chi connectivity index (χ0v) is 16.9. The second-order valence-electron chi connectivity index (χ2n) is 3.04. The van der Waals surface area contributed by atoms with E-state index in [2.05, 4.69) is 0 Å². The summed E-state index contributed by atoms with van der Waals surface area (Å²) < 4.78 is -1.46. The molecule has 0 amide bonds. The van der Waals surface area contributed by atoms with Gasteiger partial charge in [-0.05, 0) is 12.1 Å². The van der Waals surface area contributed by atoms with Crippen LogP contribution in [0, 0.1) is 0 Å². The van der Waals surface area contributed by atoms with Crippen LogP contribution in [0.5, 0.6) is 0 Å². The van der Waals surface area contributed by atoms with E-state index in [1.807, 2.05) is 0 Å². The molecule has 0 aliphatic rings. The summed E-state index contributed by atoms with van der Waals surface area (Å²) in [5.41, 5.74) is 0.489. The highest BCUT2D eigenvalue weighted by Crippen LogP contribution is 2.26. The Bertz CT molecular complexity index is 544. The lowest BCUT2D eigenvalue weighted by atomic mass is 10.0. The molecule has 0 spiro atoms. The first kappa shape index (κ1) is 16.9. The Morgan fingerprint density at radius 1 is 0.667 bits per heavy atom. The van der Waals surface area contributed by atoms with Gasteiger partial charge in [-0.3, -0.25) is 19.2 Å². The van der Waals surface area contributed by atoms with E-state index in [0.29, 0.717) is 0 Å². The third-order valence-electron chi connectivity index (χ3n) is 1.99. The molecule has 0 saturated carbocycles. The number of halogens is 4. The highest BCUT2D eigenvalue weighted by atomic mass is 127. The zero-order chi connectivity index (χ0) is 14.0. The average Bonchev–Trinajstić information content (AvgIpc) is 2.26. The zero-order valence-electron chi connectivity index (χ0n) is 8.30. The van der Waals surface area contributed by atoms with E-state index in [1.54, 1.807) is 22.6 Å². The molecular weight excluding hydrogens is 692 g/mol. The van der Waals surface area contributed by atoms with E-state index in [4.69, 9.17) is 0 Å². The van der Waals surface area contributed by atoms with Gasteiger partial charge in [0.05, 0.1) is 5.56 Å².